The second kappa shape index (κ2) is 9.88. The Bertz CT molecular complexity index is 253. The molecule has 0 unspecified atom stereocenters. The Morgan fingerprint density at radius 3 is 2.00 bits per heavy atom. The molecule has 106 valence electrons. The Hall–Kier alpha value is -1.10. The number of hydrogen-bond acceptors (Lipinski definition) is 3. The molecule has 0 aromatic rings. The first-order chi connectivity index (χ1) is 8.54. The Balaban J connectivity index is 3.95. The molecule has 0 bridgehead atoms. The first-order valence-electron chi connectivity index (χ1n) is 6.77. The molecular weight excluding hydrogens is 232 g/mol. The van der Waals surface area contributed by atoms with Crippen LogP contribution in [0.4, 0.5) is 0 Å². The number of carboxylic acid groups (broad SMARTS) is 1. The van der Waals surface area contributed by atoms with Gasteiger partial charge in [0.2, 0.25) is 5.91 Å². The number of rotatable bonds is 10. The third kappa shape index (κ3) is 7.27. The lowest BCUT2D eigenvalue weighted by Gasteiger charge is -2.23. The van der Waals surface area contributed by atoms with E-state index in [1.165, 1.54) is 0 Å². The van der Waals surface area contributed by atoms with E-state index in [1.54, 1.807) is 4.90 Å². The van der Waals surface area contributed by atoms with E-state index in [0.29, 0.717) is 13.1 Å². The molecule has 0 spiro atoms. The molecule has 0 fully saturated rings. The van der Waals surface area contributed by atoms with E-state index in [1.807, 2.05) is 6.92 Å². The molecule has 5 heteroatoms. The number of hydrogen-bond donors (Lipinski definition) is 1. The van der Waals surface area contributed by atoms with Crippen LogP contribution in [0.25, 0.3) is 0 Å². The van der Waals surface area contributed by atoms with Crippen LogP contribution in [0.3, 0.4) is 0 Å². The van der Waals surface area contributed by atoms with Crippen molar-refractivity contribution in [1.82, 2.24) is 9.80 Å². The molecule has 0 aliphatic rings. The van der Waals surface area contributed by atoms with E-state index in [-0.39, 0.29) is 18.7 Å². The van der Waals surface area contributed by atoms with Gasteiger partial charge in [0.1, 0.15) is 0 Å². The molecule has 5 nitrogen and oxygen atoms in total. The fourth-order valence-corrected chi connectivity index (χ4v) is 1.86. The van der Waals surface area contributed by atoms with Gasteiger partial charge in [0.15, 0.2) is 0 Å². The van der Waals surface area contributed by atoms with Crippen LogP contribution in [0.2, 0.25) is 0 Å². The molecule has 0 heterocycles. The van der Waals surface area contributed by atoms with E-state index in [4.69, 9.17) is 5.11 Å². The predicted octanol–water partition coefficient (Wildman–Crippen LogP) is 1.43. The summed E-state index contributed by atoms with van der Waals surface area (Å²) in [6.07, 6.45) is 0.966. The lowest BCUT2D eigenvalue weighted by atomic mass is 10.2. The molecule has 18 heavy (non-hydrogen) atoms. The molecule has 0 saturated heterocycles. The minimum Gasteiger partial charge on any atom is -0.481 e. The maximum Gasteiger partial charge on any atom is 0.303 e. The molecule has 0 rings (SSSR count). The summed E-state index contributed by atoms with van der Waals surface area (Å²) in [6, 6.07) is 0. The van der Waals surface area contributed by atoms with Crippen molar-refractivity contribution in [2.24, 2.45) is 0 Å². The molecular formula is C13H26N2O3. The number of nitrogens with zero attached hydrogens (tertiary/aromatic N) is 2. The van der Waals surface area contributed by atoms with Crippen molar-refractivity contribution >= 4 is 11.9 Å². The molecule has 0 aliphatic carbocycles. The normalized spacial score (nSPS) is 10.7. The van der Waals surface area contributed by atoms with Gasteiger partial charge in [-0.2, -0.15) is 0 Å². The summed E-state index contributed by atoms with van der Waals surface area (Å²) in [5, 5.41) is 8.55. The molecule has 1 N–H and O–H groups in total. The fraction of sp³-hybridized carbons (Fsp3) is 0.846. The minimum absolute atomic E-state index is 0.0561. The summed E-state index contributed by atoms with van der Waals surface area (Å²) in [5.74, 6) is -0.970. The quantitative estimate of drug-likeness (QED) is 0.644. The molecule has 0 aromatic carbocycles. The summed E-state index contributed by atoms with van der Waals surface area (Å²) in [6.45, 7) is 10.6. The molecule has 0 atom stereocenters. The lowest BCUT2D eigenvalue weighted by molar-refractivity contribution is -0.140. The summed E-state index contributed by atoms with van der Waals surface area (Å²) in [5.41, 5.74) is 0. The first kappa shape index (κ1) is 16.9. The van der Waals surface area contributed by atoms with Crippen molar-refractivity contribution in [3.8, 4) is 0 Å². The van der Waals surface area contributed by atoms with Crippen LogP contribution in [-0.4, -0.2) is 59.5 Å². The van der Waals surface area contributed by atoms with E-state index in [9.17, 15) is 9.59 Å². The number of amides is 1. The number of aliphatic carboxylic acids is 1. The monoisotopic (exact) mass is 258 g/mol. The highest BCUT2D eigenvalue weighted by Gasteiger charge is 2.13. The van der Waals surface area contributed by atoms with Gasteiger partial charge in [-0.3, -0.25) is 9.59 Å². The van der Waals surface area contributed by atoms with Crippen molar-refractivity contribution in [3.63, 3.8) is 0 Å². The third-order valence-corrected chi connectivity index (χ3v) is 3.08. The van der Waals surface area contributed by atoms with Crippen LogP contribution in [-0.2, 0) is 9.59 Å². The van der Waals surface area contributed by atoms with Crippen LogP contribution < -0.4 is 0 Å². The molecule has 0 saturated carbocycles. The van der Waals surface area contributed by atoms with Gasteiger partial charge in [0.05, 0.1) is 6.42 Å². The van der Waals surface area contributed by atoms with Crippen molar-refractivity contribution in [2.45, 2.75) is 40.0 Å². The highest BCUT2D eigenvalue weighted by Crippen LogP contribution is 2.01. The predicted molar refractivity (Wildman–Crippen MR) is 71.5 cm³/mol. The number of carboxylic acids is 1. The van der Waals surface area contributed by atoms with Gasteiger partial charge in [-0.1, -0.05) is 13.8 Å². The largest absolute Gasteiger partial charge is 0.481 e. The topological polar surface area (TPSA) is 60.9 Å². The van der Waals surface area contributed by atoms with E-state index in [0.717, 1.165) is 26.1 Å². The fourth-order valence-electron chi connectivity index (χ4n) is 1.86. The van der Waals surface area contributed by atoms with Gasteiger partial charge in [0, 0.05) is 19.5 Å². The van der Waals surface area contributed by atoms with Crippen LogP contribution >= 0.6 is 0 Å². The Labute approximate surface area is 110 Å². The van der Waals surface area contributed by atoms with Gasteiger partial charge in [-0.15, -0.1) is 0 Å². The second-order valence-corrected chi connectivity index (χ2v) is 4.25. The SMILES string of the molecule is CCN(CC)CCCN(CC)C(=O)CCC(=O)O. The maximum atomic E-state index is 11.7. The summed E-state index contributed by atoms with van der Waals surface area (Å²) in [4.78, 5) is 26.2. The van der Waals surface area contributed by atoms with Crippen LogP contribution in [0, 0.1) is 0 Å². The van der Waals surface area contributed by atoms with Crippen molar-refractivity contribution in [3.05, 3.63) is 0 Å². The Morgan fingerprint density at radius 1 is 0.944 bits per heavy atom. The van der Waals surface area contributed by atoms with E-state index < -0.39 is 5.97 Å². The highest BCUT2D eigenvalue weighted by molar-refractivity contribution is 5.80. The summed E-state index contributed by atoms with van der Waals surface area (Å²) in [7, 11) is 0. The Kier molecular flexibility index (Phi) is 9.28. The smallest absolute Gasteiger partial charge is 0.303 e. The number of carbonyl (C=O) groups excluding carboxylic acids is 1. The molecule has 0 aliphatic heterocycles. The summed E-state index contributed by atoms with van der Waals surface area (Å²) < 4.78 is 0. The Morgan fingerprint density at radius 2 is 1.56 bits per heavy atom. The van der Waals surface area contributed by atoms with Crippen molar-refractivity contribution in [2.75, 3.05) is 32.7 Å². The molecule has 0 radical (unpaired) electrons. The lowest BCUT2D eigenvalue weighted by Crippen LogP contribution is -2.34. The minimum atomic E-state index is -0.914. The van der Waals surface area contributed by atoms with E-state index in [2.05, 4.69) is 18.7 Å². The maximum absolute atomic E-state index is 11.7. The highest BCUT2D eigenvalue weighted by atomic mass is 16.4. The van der Waals surface area contributed by atoms with Gasteiger partial charge < -0.3 is 14.9 Å². The number of carbonyl (C=O) groups is 2. The van der Waals surface area contributed by atoms with Crippen LogP contribution in [0.5, 0.6) is 0 Å². The van der Waals surface area contributed by atoms with E-state index >= 15 is 0 Å². The molecule has 1 amide bonds. The zero-order valence-electron chi connectivity index (χ0n) is 11.8. The van der Waals surface area contributed by atoms with Crippen molar-refractivity contribution < 1.29 is 14.7 Å². The average molecular weight is 258 g/mol. The third-order valence-electron chi connectivity index (χ3n) is 3.08. The van der Waals surface area contributed by atoms with Crippen molar-refractivity contribution in [1.29, 1.82) is 0 Å². The van der Waals surface area contributed by atoms with Gasteiger partial charge in [-0.25, -0.2) is 0 Å². The standard InChI is InChI=1S/C13H26N2O3/c1-4-14(5-2)10-7-11-15(6-3)12(16)8-9-13(17)18/h4-11H2,1-3H3,(H,17,18). The van der Waals surface area contributed by atoms with Gasteiger partial charge >= 0.3 is 5.97 Å². The van der Waals surface area contributed by atoms with Gasteiger partial charge in [0.25, 0.3) is 0 Å². The molecule has 0 aromatic heterocycles. The second-order valence-electron chi connectivity index (χ2n) is 4.25. The zero-order chi connectivity index (χ0) is 14.0. The van der Waals surface area contributed by atoms with Gasteiger partial charge in [-0.05, 0) is 33.0 Å². The summed E-state index contributed by atoms with van der Waals surface area (Å²) >= 11 is 0. The zero-order valence-corrected chi connectivity index (χ0v) is 11.8. The van der Waals surface area contributed by atoms with Crippen LogP contribution in [0.15, 0.2) is 0 Å². The first-order valence-corrected chi connectivity index (χ1v) is 6.77. The average Bonchev–Trinajstić information content (AvgIpc) is 2.36. The van der Waals surface area contributed by atoms with Crippen LogP contribution in [0.1, 0.15) is 40.0 Å².